The summed E-state index contributed by atoms with van der Waals surface area (Å²) >= 11 is 4.87. The molecule has 1 saturated heterocycles. The lowest BCUT2D eigenvalue weighted by atomic mass is 10.3. The Balaban J connectivity index is 1.80. The molecule has 0 saturated carbocycles. The molecular formula is C18H19BrN2O5S2. The van der Waals surface area contributed by atoms with Gasteiger partial charge in [0, 0.05) is 24.0 Å². The van der Waals surface area contributed by atoms with Crippen molar-refractivity contribution in [2.45, 2.75) is 4.90 Å². The molecule has 1 amide bonds. The first-order chi connectivity index (χ1) is 13.4. The lowest BCUT2D eigenvalue weighted by Crippen LogP contribution is -2.40. The van der Waals surface area contributed by atoms with E-state index in [2.05, 4.69) is 21.2 Å². The average Bonchev–Trinajstić information content (AvgIpc) is 3.12. The largest absolute Gasteiger partial charge is 0.495 e. The van der Waals surface area contributed by atoms with Crippen molar-refractivity contribution in [2.24, 2.45) is 0 Å². The van der Waals surface area contributed by atoms with Crippen LogP contribution in [0.3, 0.4) is 0 Å². The van der Waals surface area contributed by atoms with E-state index in [0.29, 0.717) is 37.7 Å². The SMILES string of the molecule is COc1ccc(S(=O)(=O)N2CCOCC2)cc1NC(=O)/C=C\c1ccc(Br)s1. The van der Waals surface area contributed by atoms with Gasteiger partial charge in [0.25, 0.3) is 0 Å². The van der Waals surface area contributed by atoms with E-state index < -0.39 is 10.0 Å². The summed E-state index contributed by atoms with van der Waals surface area (Å²) in [7, 11) is -2.21. The maximum absolute atomic E-state index is 12.8. The Morgan fingerprint density at radius 2 is 2.04 bits per heavy atom. The molecule has 0 aliphatic carbocycles. The number of hydrogen-bond acceptors (Lipinski definition) is 6. The minimum absolute atomic E-state index is 0.0941. The molecule has 10 heteroatoms. The minimum atomic E-state index is -3.67. The van der Waals surface area contributed by atoms with Crippen LogP contribution in [-0.4, -0.2) is 52.0 Å². The van der Waals surface area contributed by atoms with Gasteiger partial charge in [-0.3, -0.25) is 4.79 Å². The lowest BCUT2D eigenvalue weighted by Gasteiger charge is -2.26. The molecule has 1 aromatic carbocycles. The van der Waals surface area contributed by atoms with Crippen molar-refractivity contribution in [2.75, 3.05) is 38.7 Å². The highest BCUT2D eigenvalue weighted by molar-refractivity contribution is 9.11. The smallest absolute Gasteiger partial charge is 0.248 e. The van der Waals surface area contributed by atoms with Gasteiger partial charge in [-0.25, -0.2) is 8.42 Å². The number of ether oxygens (including phenoxy) is 2. The van der Waals surface area contributed by atoms with Gasteiger partial charge in [-0.05, 0) is 52.3 Å². The summed E-state index contributed by atoms with van der Waals surface area (Å²) in [5, 5.41) is 2.69. The van der Waals surface area contributed by atoms with Crippen molar-refractivity contribution in [1.29, 1.82) is 0 Å². The number of methoxy groups -OCH3 is 1. The normalized spacial score (nSPS) is 15.6. The highest BCUT2D eigenvalue weighted by Gasteiger charge is 2.27. The number of halogens is 1. The first-order valence-corrected chi connectivity index (χ1v) is 11.5. The van der Waals surface area contributed by atoms with Crippen LogP contribution in [0.4, 0.5) is 5.69 Å². The summed E-state index contributed by atoms with van der Waals surface area (Å²) in [6.07, 6.45) is 3.08. The number of thiophene rings is 1. The number of hydrogen-bond donors (Lipinski definition) is 1. The van der Waals surface area contributed by atoms with Gasteiger partial charge in [0.2, 0.25) is 15.9 Å². The Hall–Kier alpha value is -1.72. The van der Waals surface area contributed by atoms with Crippen molar-refractivity contribution in [3.63, 3.8) is 0 Å². The second-order valence-electron chi connectivity index (χ2n) is 5.84. The number of carbonyl (C=O) groups excluding carboxylic acids is 1. The fraction of sp³-hybridized carbons (Fsp3) is 0.278. The van der Waals surface area contributed by atoms with Crippen LogP contribution in [0.2, 0.25) is 0 Å². The van der Waals surface area contributed by atoms with E-state index in [4.69, 9.17) is 9.47 Å². The lowest BCUT2D eigenvalue weighted by molar-refractivity contribution is -0.111. The van der Waals surface area contributed by atoms with E-state index in [1.54, 1.807) is 6.08 Å². The van der Waals surface area contributed by atoms with E-state index >= 15 is 0 Å². The molecule has 0 unspecified atom stereocenters. The molecule has 1 fully saturated rings. The monoisotopic (exact) mass is 486 g/mol. The maximum Gasteiger partial charge on any atom is 0.248 e. The molecule has 3 rings (SSSR count). The van der Waals surface area contributed by atoms with Crippen molar-refractivity contribution < 1.29 is 22.7 Å². The van der Waals surface area contributed by atoms with Crippen molar-refractivity contribution in [3.05, 3.63) is 45.1 Å². The first kappa shape index (κ1) is 21.0. The predicted octanol–water partition coefficient (Wildman–Crippen LogP) is 3.19. The number of rotatable bonds is 6. The molecule has 0 radical (unpaired) electrons. The predicted molar refractivity (Wildman–Crippen MR) is 112 cm³/mol. The second-order valence-corrected chi connectivity index (χ2v) is 10.3. The van der Waals surface area contributed by atoms with Gasteiger partial charge in [-0.15, -0.1) is 11.3 Å². The van der Waals surface area contributed by atoms with Crippen LogP contribution >= 0.6 is 27.3 Å². The number of benzene rings is 1. The molecule has 1 aliphatic heterocycles. The molecule has 0 spiro atoms. The summed E-state index contributed by atoms with van der Waals surface area (Å²) in [6, 6.07) is 8.19. The molecule has 150 valence electrons. The Labute approximate surface area is 176 Å². The zero-order valence-corrected chi connectivity index (χ0v) is 18.3. The molecule has 2 aromatic rings. The molecule has 1 aromatic heterocycles. The summed E-state index contributed by atoms with van der Waals surface area (Å²) in [5.74, 6) is -0.00899. The first-order valence-electron chi connectivity index (χ1n) is 8.40. The third kappa shape index (κ3) is 5.00. The maximum atomic E-state index is 12.8. The molecule has 1 aliphatic rings. The zero-order valence-electron chi connectivity index (χ0n) is 15.1. The van der Waals surface area contributed by atoms with E-state index in [1.807, 2.05) is 12.1 Å². The Bertz CT molecular complexity index is 982. The highest BCUT2D eigenvalue weighted by Crippen LogP contribution is 2.29. The van der Waals surface area contributed by atoms with Crippen molar-refractivity contribution >= 4 is 55.0 Å². The summed E-state index contributed by atoms with van der Waals surface area (Å²) in [5.41, 5.74) is 0.291. The zero-order chi connectivity index (χ0) is 20.1. The summed E-state index contributed by atoms with van der Waals surface area (Å²) in [6.45, 7) is 1.33. The van der Waals surface area contributed by atoms with Crippen molar-refractivity contribution in [1.82, 2.24) is 4.31 Å². The van der Waals surface area contributed by atoms with Crippen LogP contribution in [0.15, 0.2) is 45.1 Å². The van der Waals surface area contributed by atoms with Crippen molar-refractivity contribution in [3.8, 4) is 5.75 Å². The molecule has 0 atom stereocenters. The molecule has 1 N–H and O–H groups in total. The number of carbonyl (C=O) groups is 1. The van der Waals surface area contributed by atoms with Gasteiger partial charge in [-0.2, -0.15) is 4.31 Å². The van der Waals surface area contributed by atoms with Gasteiger partial charge in [0.1, 0.15) is 5.75 Å². The molecule has 28 heavy (non-hydrogen) atoms. The van der Waals surface area contributed by atoms with Crippen LogP contribution < -0.4 is 10.1 Å². The van der Waals surface area contributed by atoms with Crippen LogP contribution in [0.25, 0.3) is 6.08 Å². The van der Waals surface area contributed by atoms with Gasteiger partial charge < -0.3 is 14.8 Å². The fourth-order valence-corrected chi connectivity index (χ4v) is 5.39. The van der Waals surface area contributed by atoms with Gasteiger partial charge in [0.05, 0.1) is 34.7 Å². The highest BCUT2D eigenvalue weighted by atomic mass is 79.9. The number of amides is 1. The number of anilines is 1. The van der Waals surface area contributed by atoms with Gasteiger partial charge in [0.15, 0.2) is 0 Å². The van der Waals surface area contributed by atoms with E-state index in [0.717, 1.165) is 8.66 Å². The van der Waals surface area contributed by atoms with Gasteiger partial charge >= 0.3 is 0 Å². The van der Waals surface area contributed by atoms with Gasteiger partial charge in [-0.1, -0.05) is 0 Å². The number of morpholine rings is 1. The molecule has 7 nitrogen and oxygen atoms in total. The molecule has 2 heterocycles. The third-order valence-electron chi connectivity index (χ3n) is 4.03. The standard InChI is InChI=1S/C18H19BrN2O5S2/c1-25-16-5-4-14(28(23,24)21-8-10-26-11-9-21)12-15(16)20-18(22)7-3-13-2-6-17(19)27-13/h2-7,12H,8-11H2,1H3,(H,20,22)/b7-3-. The Morgan fingerprint density at radius 1 is 1.29 bits per heavy atom. The van der Waals surface area contributed by atoms with Crippen LogP contribution in [0, 0.1) is 0 Å². The number of nitrogens with zero attached hydrogens (tertiary/aromatic N) is 1. The second kappa shape index (κ2) is 9.19. The van der Waals surface area contributed by atoms with E-state index in [1.165, 1.54) is 47.0 Å². The fourth-order valence-electron chi connectivity index (χ4n) is 2.63. The molecular weight excluding hydrogens is 468 g/mol. The Morgan fingerprint density at radius 3 is 2.68 bits per heavy atom. The topological polar surface area (TPSA) is 84.9 Å². The molecule has 0 bridgehead atoms. The summed E-state index contributed by atoms with van der Waals surface area (Å²) < 4.78 is 38.5. The Kier molecular flexibility index (Phi) is 6.89. The summed E-state index contributed by atoms with van der Waals surface area (Å²) in [4.78, 5) is 13.3. The number of nitrogens with one attached hydrogen (secondary N) is 1. The van der Waals surface area contributed by atoms with Crippen LogP contribution in [0.1, 0.15) is 4.88 Å². The van der Waals surface area contributed by atoms with Crippen LogP contribution in [0.5, 0.6) is 5.75 Å². The quantitative estimate of drug-likeness (QED) is 0.633. The minimum Gasteiger partial charge on any atom is -0.495 e. The third-order valence-corrected chi connectivity index (χ3v) is 7.51. The average molecular weight is 487 g/mol. The van der Waals surface area contributed by atoms with E-state index in [-0.39, 0.29) is 10.8 Å². The van der Waals surface area contributed by atoms with E-state index in [9.17, 15) is 13.2 Å². The number of sulfonamides is 1. The van der Waals surface area contributed by atoms with Crippen LogP contribution in [-0.2, 0) is 19.6 Å².